The lowest BCUT2D eigenvalue weighted by molar-refractivity contribution is -0.145. The molecule has 16 heavy (non-hydrogen) atoms. The molecule has 4 nitrogen and oxygen atoms in total. The van der Waals surface area contributed by atoms with Crippen LogP contribution < -0.4 is 5.73 Å². The van der Waals surface area contributed by atoms with E-state index in [9.17, 15) is 13.2 Å². The van der Waals surface area contributed by atoms with Gasteiger partial charge >= 0.3 is 6.18 Å². The van der Waals surface area contributed by atoms with Gasteiger partial charge in [-0.05, 0) is 18.6 Å². The first-order chi connectivity index (χ1) is 7.39. The van der Waals surface area contributed by atoms with Crippen molar-refractivity contribution in [2.75, 3.05) is 0 Å². The van der Waals surface area contributed by atoms with Crippen LogP contribution in [0.3, 0.4) is 0 Å². The summed E-state index contributed by atoms with van der Waals surface area (Å²) in [7, 11) is 0. The Hall–Kier alpha value is -1.63. The van der Waals surface area contributed by atoms with Crippen molar-refractivity contribution in [2.24, 2.45) is 5.73 Å². The molecule has 2 aromatic rings. The molecule has 0 saturated heterocycles. The van der Waals surface area contributed by atoms with Gasteiger partial charge in [0.1, 0.15) is 0 Å². The zero-order valence-electron chi connectivity index (χ0n) is 8.36. The van der Waals surface area contributed by atoms with Crippen molar-refractivity contribution in [1.29, 1.82) is 0 Å². The molecule has 0 bridgehead atoms. The van der Waals surface area contributed by atoms with Gasteiger partial charge in [-0.3, -0.25) is 4.40 Å². The van der Waals surface area contributed by atoms with E-state index in [2.05, 4.69) is 10.2 Å². The van der Waals surface area contributed by atoms with Gasteiger partial charge in [0.25, 0.3) is 0 Å². The Bertz CT molecular complexity index is 515. The van der Waals surface area contributed by atoms with Gasteiger partial charge in [-0.25, -0.2) is 0 Å². The van der Waals surface area contributed by atoms with Crippen molar-refractivity contribution in [3.8, 4) is 0 Å². The fourth-order valence-electron chi connectivity index (χ4n) is 1.37. The number of rotatable bonds is 1. The van der Waals surface area contributed by atoms with Gasteiger partial charge in [0.05, 0.1) is 0 Å². The van der Waals surface area contributed by atoms with Crippen LogP contribution >= 0.6 is 0 Å². The SMILES string of the molecule is CC(N)c1ccc2nnc(C(F)(F)F)n2c1. The second-order valence-electron chi connectivity index (χ2n) is 3.50. The Morgan fingerprint density at radius 2 is 2.00 bits per heavy atom. The minimum Gasteiger partial charge on any atom is -0.324 e. The molecule has 86 valence electrons. The predicted octanol–water partition coefficient (Wildman–Crippen LogP) is 1.77. The summed E-state index contributed by atoms with van der Waals surface area (Å²) in [6, 6.07) is 2.75. The highest BCUT2D eigenvalue weighted by atomic mass is 19.4. The number of halogens is 3. The van der Waals surface area contributed by atoms with Crippen LogP contribution in [0.5, 0.6) is 0 Å². The van der Waals surface area contributed by atoms with Crippen LogP contribution in [0.25, 0.3) is 5.65 Å². The van der Waals surface area contributed by atoms with Gasteiger partial charge < -0.3 is 5.73 Å². The van der Waals surface area contributed by atoms with Crippen LogP contribution in [0.4, 0.5) is 13.2 Å². The van der Waals surface area contributed by atoms with E-state index in [1.807, 2.05) is 0 Å². The standard InChI is InChI=1S/C9H9F3N4/c1-5(13)6-2-3-7-14-15-8(9(10,11)12)16(7)4-6/h2-5H,13H2,1H3. The maximum Gasteiger partial charge on any atom is 0.452 e. The maximum absolute atomic E-state index is 12.5. The number of alkyl halides is 3. The first-order valence-electron chi connectivity index (χ1n) is 4.57. The smallest absolute Gasteiger partial charge is 0.324 e. The lowest BCUT2D eigenvalue weighted by atomic mass is 10.1. The summed E-state index contributed by atoms with van der Waals surface area (Å²) in [5.74, 6) is -1.04. The van der Waals surface area contributed by atoms with Gasteiger partial charge in [0, 0.05) is 12.2 Å². The Labute approximate surface area is 88.9 Å². The van der Waals surface area contributed by atoms with Crippen molar-refractivity contribution >= 4 is 5.65 Å². The molecule has 0 aliphatic heterocycles. The summed E-state index contributed by atoms with van der Waals surface area (Å²) < 4.78 is 38.5. The highest BCUT2D eigenvalue weighted by Crippen LogP contribution is 2.28. The number of hydrogen-bond acceptors (Lipinski definition) is 3. The van der Waals surface area contributed by atoms with Crippen LogP contribution in [-0.2, 0) is 6.18 Å². The lowest BCUT2D eigenvalue weighted by Gasteiger charge is -2.08. The highest BCUT2D eigenvalue weighted by molar-refractivity contribution is 5.40. The number of nitrogens with two attached hydrogens (primary N) is 1. The predicted molar refractivity (Wildman–Crippen MR) is 50.6 cm³/mol. The Morgan fingerprint density at radius 1 is 1.31 bits per heavy atom. The molecule has 1 atom stereocenters. The molecule has 1 unspecified atom stereocenters. The molecular formula is C9H9F3N4. The second kappa shape index (κ2) is 3.44. The molecule has 0 radical (unpaired) electrons. The first-order valence-corrected chi connectivity index (χ1v) is 4.57. The van der Waals surface area contributed by atoms with E-state index in [0.29, 0.717) is 5.56 Å². The van der Waals surface area contributed by atoms with Gasteiger partial charge in [-0.15, -0.1) is 10.2 Å². The third-order valence-electron chi connectivity index (χ3n) is 2.20. The molecule has 2 N–H and O–H groups in total. The molecule has 7 heteroatoms. The number of nitrogens with zero attached hydrogens (tertiary/aromatic N) is 3. The van der Waals surface area contributed by atoms with Gasteiger partial charge in [-0.2, -0.15) is 13.2 Å². The minimum atomic E-state index is -4.52. The maximum atomic E-state index is 12.5. The van der Waals surface area contributed by atoms with E-state index in [4.69, 9.17) is 5.73 Å². The van der Waals surface area contributed by atoms with E-state index >= 15 is 0 Å². The molecule has 0 spiro atoms. The summed E-state index contributed by atoms with van der Waals surface area (Å²) in [6.45, 7) is 1.69. The first kappa shape index (κ1) is 10.9. The zero-order chi connectivity index (χ0) is 11.9. The molecule has 2 rings (SSSR count). The van der Waals surface area contributed by atoms with Crippen LogP contribution in [0.1, 0.15) is 24.4 Å². The van der Waals surface area contributed by atoms with Crippen LogP contribution in [0.2, 0.25) is 0 Å². The average Bonchev–Trinajstić information content (AvgIpc) is 2.58. The fraction of sp³-hybridized carbons (Fsp3) is 0.333. The Balaban J connectivity index is 2.65. The highest BCUT2D eigenvalue weighted by Gasteiger charge is 2.36. The zero-order valence-corrected chi connectivity index (χ0v) is 8.36. The summed E-state index contributed by atoms with van der Waals surface area (Å²) in [4.78, 5) is 0. The monoisotopic (exact) mass is 230 g/mol. The van der Waals surface area contributed by atoms with E-state index in [-0.39, 0.29) is 11.7 Å². The Morgan fingerprint density at radius 3 is 2.56 bits per heavy atom. The van der Waals surface area contributed by atoms with Crippen molar-refractivity contribution in [1.82, 2.24) is 14.6 Å². The molecule has 0 amide bonds. The Kier molecular flexibility index (Phi) is 2.34. The summed E-state index contributed by atoms with van der Waals surface area (Å²) in [6.07, 6.45) is -3.21. The molecule has 0 fully saturated rings. The summed E-state index contributed by atoms with van der Waals surface area (Å²) in [5, 5.41) is 6.55. The molecule has 2 heterocycles. The number of fused-ring (bicyclic) bond motifs is 1. The van der Waals surface area contributed by atoms with Crippen LogP contribution in [0.15, 0.2) is 18.3 Å². The molecule has 0 aromatic carbocycles. The van der Waals surface area contributed by atoms with Gasteiger partial charge in [-0.1, -0.05) is 6.07 Å². The number of aromatic nitrogens is 3. The number of pyridine rings is 1. The largest absolute Gasteiger partial charge is 0.452 e. The van der Waals surface area contributed by atoms with E-state index in [0.717, 1.165) is 4.40 Å². The third-order valence-corrected chi connectivity index (χ3v) is 2.20. The van der Waals surface area contributed by atoms with E-state index in [1.54, 1.807) is 13.0 Å². The number of hydrogen-bond donors (Lipinski definition) is 1. The average molecular weight is 230 g/mol. The third kappa shape index (κ3) is 1.73. The quantitative estimate of drug-likeness (QED) is 0.812. The molecule has 0 saturated carbocycles. The molecule has 0 aliphatic carbocycles. The minimum absolute atomic E-state index is 0.150. The van der Waals surface area contributed by atoms with E-state index in [1.165, 1.54) is 12.3 Å². The van der Waals surface area contributed by atoms with Crippen LogP contribution in [-0.4, -0.2) is 14.6 Å². The van der Waals surface area contributed by atoms with Crippen molar-refractivity contribution in [3.63, 3.8) is 0 Å². The topological polar surface area (TPSA) is 56.2 Å². The van der Waals surface area contributed by atoms with Gasteiger partial charge in [0.2, 0.25) is 5.82 Å². The summed E-state index contributed by atoms with van der Waals surface area (Å²) in [5.41, 5.74) is 6.34. The fourth-order valence-corrected chi connectivity index (χ4v) is 1.37. The van der Waals surface area contributed by atoms with Crippen molar-refractivity contribution in [3.05, 3.63) is 29.7 Å². The summed E-state index contributed by atoms with van der Waals surface area (Å²) >= 11 is 0. The van der Waals surface area contributed by atoms with Gasteiger partial charge in [0.15, 0.2) is 5.65 Å². The van der Waals surface area contributed by atoms with Crippen LogP contribution in [0, 0.1) is 0 Å². The molecular weight excluding hydrogens is 221 g/mol. The molecule has 2 aromatic heterocycles. The molecule has 0 aliphatic rings. The van der Waals surface area contributed by atoms with Crippen molar-refractivity contribution < 1.29 is 13.2 Å². The second-order valence-corrected chi connectivity index (χ2v) is 3.50. The van der Waals surface area contributed by atoms with Crippen molar-refractivity contribution in [2.45, 2.75) is 19.1 Å². The lowest BCUT2D eigenvalue weighted by Crippen LogP contribution is -2.12. The normalized spacial score (nSPS) is 14.3. The van der Waals surface area contributed by atoms with E-state index < -0.39 is 12.0 Å².